The van der Waals surface area contributed by atoms with Gasteiger partial charge in [-0.05, 0) is 62.4 Å². The number of hydrogen-bond acceptors (Lipinski definition) is 7. The van der Waals surface area contributed by atoms with Gasteiger partial charge < -0.3 is 24.8 Å². The van der Waals surface area contributed by atoms with Crippen LogP contribution in [0.4, 0.5) is 11.4 Å². The molecule has 0 aliphatic heterocycles. The van der Waals surface area contributed by atoms with Crippen LogP contribution in [0.2, 0.25) is 0 Å². The van der Waals surface area contributed by atoms with E-state index >= 15 is 0 Å². The van der Waals surface area contributed by atoms with Gasteiger partial charge in [-0.25, -0.2) is 4.79 Å². The molecular weight excluding hydrogens is 464 g/mol. The molecule has 0 aliphatic rings. The summed E-state index contributed by atoms with van der Waals surface area (Å²) in [7, 11) is 1.54. The van der Waals surface area contributed by atoms with Gasteiger partial charge in [0.15, 0.2) is 18.5 Å². The molecule has 1 unspecified atom stereocenters. The van der Waals surface area contributed by atoms with Gasteiger partial charge in [0.05, 0.1) is 12.7 Å². The topological polar surface area (TPSA) is 120 Å². The maximum Gasteiger partial charge on any atom is 0.338 e. The SMILES string of the molecule is COc1cccc(NC(=O)COc2ccc(C(=O)OC(C)C(=O)Nc3cccc(C(C)=O)c3)cc2)c1. The second-order valence-corrected chi connectivity index (χ2v) is 7.77. The Hall–Kier alpha value is -4.66. The third-order valence-corrected chi connectivity index (χ3v) is 5.00. The number of amides is 2. The van der Waals surface area contributed by atoms with Crippen molar-refractivity contribution >= 4 is 34.9 Å². The van der Waals surface area contributed by atoms with Crippen LogP contribution >= 0.6 is 0 Å². The zero-order chi connectivity index (χ0) is 26.1. The number of hydrogen-bond donors (Lipinski definition) is 2. The van der Waals surface area contributed by atoms with Gasteiger partial charge in [-0.15, -0.1) is 0 Å². The standard InChI is InChI=1S/C27H26N2O7/c1-17(30)20-6-4-7-21(14-20)29-26(32)18(2)36-27(33)19-10-12-23(13-11-19)35-16-25(31)28-22-8-5-9-24(15-22)34-3/h4-15,18H,16H2,1-3H3,(H,28,31)(H,29,32). The summed E-state index contributed by atoms with van der Waals surface area (Å²) in [5.41, 5.74) is 1.66. The van der Waals surface area contributed by atoms with Gasteiger partial charge in [0.2, 0.25) is 0 Å². The van der Waals surface area contributed by atoms with E-state index in [1.807, 2.05) is 0 Å². The van der Waals surface area contributed by atoms with Crippen LogP contribution in [0.1, 0.15) is 34.6 Å². The first-order valence-corrected chi connectivity index (χ1v) is 11.0. The first-order chi connectivity index (χ1) is 17.2. The van der Waals surface area contributed by atoms with E-state index in [0.29, 0.717) is 28.4 Å². The fourth-order valence-electron chi connectivity index (χ4n) is 3.08. The molecule has 186 valence electrons. The van der Waals surface area contributed by atoms with Crippen LogP contribution in [0.25, 0.3) is 0 Å². The van der Waals surface area contributed by atoms with E-state index < -0.39 is 18.0 Å². The summed E-state index contributed by atoms with van der Waals surface area (Å²) in [6, 6.07) is 19.4. The Morgan fingerprint density at radius 2 is 1.47 bits per heavy atom. The molecule has 0 heterocycles. The quantitative estimate of drug-likeness (QED) is 0.324. The molecule has 0 saturated carbocycles. The van der Waals surface area contributed by atoms with E-state index in [-0.39, 0.29) is 23.9 Å². The van der Waals surface area contributed by atoms with Gasteiger partial charge >= 0.3 is 5.97 Å². The highest BCUT2D eigenvalue weighted by Gasteiger charge is 2.19. The molecule has 1 atom stereocenters. The lowest BCUT2D eigenvalue weighted by Crippen LogP contribution is -2.30. The Bertz CT molecular complexity index is 1250. The minimum atomic E-state index is -1.07. The molecule has 3 aromatic rings. The van der Waals surface area contributed by atoms with Crippen LogP contribution in [-0.4, -0.2) is 43.4 Å². The highest BCUT2D eigenvalue weighted by molar-refractivity contribution is 5.99. The average molecular weight is 491 g/mol. The Morgan fingerprint density at radius 3 is 2.14 bits per heavy atom. The van der Waals surface area contributed by atoms with Crippen molar-refractivity contribution in [3.8, 4) is 11.5 Å². The number of anilines is 2. The number of esters is 1. The number of ether oxygens (including phenoxy) is 3. The second kappa shape index (κ2) is 12.2. The van der Waals surface area contributed by atoms with Crippen LogP contribution in [0.5, 0.6) is 11.5 Å². The molecule has 3 aromatic carbocycles. The Labute approximate surface area is 208 Å². The second-order valence-electron chi connectivity index (χ2n) is 7.77. The first-order valence-electron chi connectivity index (χ1n) is 11.0. The molecule has 2 N–H and O–H groups in total. The van der Waals surface area contributed by atoms with E-state index in [2.05, 4.69) is 10.6 Å². The molecular formula is C27H26N2O7. The highest BCUT2D eigenvalue weighted by atomic mass is 16.5. The summed E-state index contributed by atoms with van der Waals surface area (Å²) in [6.07, 6.45) is -1.07. The van der Waals surface area contributed by atoms with Crippen LogP contribution in [0, 0.1) is 0 Å². The predicted octanol–water partition coefficient (Wildman–Crippen LogP) is 4.10. The maximum absolute atomic E-state index is 12.4. The molecule has 0 spiro atoms. The maximum atomic E-state index is 12.4. The van der Waals surface area contributed by atoms with E-state index in [0.717, 1.165) is 0 Å². The minimum absolute atomic E-state index is 0.129. The van der Waals surface area contributed by atoms with Crippen molar-refractivity contribution in [2.75, 3.05) is 24.4 Å². The van der Waals surface area contributed by atoms with Crippen molar-refractivity contribution in [1.29, 1.82) is 0 Å². The molecule has 0 radical (unpaired) electrons. The molecule has 3 rings (SSSR count). The number of methoxy groups -OCH3 is 1. The monoisotopic (exact) mass is 490 g/mol. The average Bonchev–Trinajstić information content (AvgIpc) is 2.88. The molecule has 0 aliphatic carbocycles. The molecule has 0 fully saturated rings. The lowest BCUT2D eigenvalue weighted by atomic mass is 10.1. The van der Waals surface area contributed by atoms with Gasteiger partial charge in [-0.3, -0.25) is 14.4 Å². The summed E-state index contributed by atoms with van der Waals surface area (Å²) in [5.74, 6) is -0.729. The normalized spacial score (nSPS) is 11.1. The number of carbonyl (C=O) groups excluding carboxylic acids is 4. The third-order valence-electron chi connectivity index (χ3n) is 5.00. The molecule has 36 heavy (non-hydrogen) atoms. The van der Waals surface area contributed by atoms with E-state index in [9.17, 15) is 19.2 Å². The molecule has 2 amide bonds. The third kappa shape index (κ3) is 7.42. The minimum Gasteiger partial charge on any atom is -0.497 e. The number of carbonyl (C=O) groups is 4. The Kier molecular flexibility index (Phi) is 8.77. The van der Waals surface area contributed by atoms with Gasteiger partial charge in [0.25, 0.3) is 11.8 Å². The number of nitrogens with one attached hydrogen (secondary N) is 2. The number of ketones is 1. The molecule has 0 aromatic heterocycles. The summed E-state index contributed by atoms with van der Waals surface area (Å²) in [6.45, 7) is 2.64. The summed E-state index contributed by atoms with van der Waals surface area (Å²) < 4.78 is 15.8. The van der Waals surface area contributed by atoms with Crippen LogP contribution in [0.15, 0.2) is 72.8 Å². The summed E-state index contributed by atoms with van der Waals surface area (Å²) in [5, 5.41) is 5.32. The number of benzene rings is 3. The highest BCUT2D eigenvalue weighted by Crippen LogP contribution is 2.18. The Morgan fingerprint density at radius 1 is 0.806 bits per heavy atom. The van der Waals surface area contributed by atoms with Gasteiger partial charge in [-0.1, -0.05) is 18.2 Å². The van der Waals surface area contributed by atoms with Crippen molar-refractivity contribution < 1.29 is 33.4 Å². The van der Waals surface area contributed by atoms with Crippen molar-refractivity contribution in [3.05, 3.63) is 83.9 Å². The van der Waals surface area contributed by atoms with Crippen LogP contribution in [0.3, 0.4) is 0 Å². The summed E-state index contributed by atoms with van der Waals surface area (Å²) >= 11 is 0. The predicted molar refractivity (Wildman–Crippen MR) is 134 cm³/mol. The van der Waals surface area contributed by atoms with E-state index in [1.54, 1.807) is 48.5 Å². The molecule has 9 heteroatoms. The van der Waals surface area contributed by atoms with Crippen molar-refractivity contribution in [3.63, 3.8) is 0 Å². The Balaban J connectivity index is 1.48. The van der Waals surface area contributed by atoms with Gasteiger partial charge in [0.1, 0.15) is 11.5 Å². The summed E-state index contributed by atoms with van der Waals surface area (Å²) in [4.78, 5) is 48.4. The van der Waals surface area contributed by atoms with E-state index in [4.69, 9.17) is 14.2 Å². The molecule has 0 saturated heterocycles. The number of rotatable bonds is 10. The number of Topliss-reactive ketones (excluding diaryl/α,β-unsaturated/α-hetero) is 1. The lowest BCUT2D eigenvalue weighted by Gasteiger charge is -2.14. The van der Waals surface area contributed by atoms with Gasteiger partial charge in [0, 0.05) is 23.0 Å². The van der Waals surface area contributed by atoms with E-state index in [1.165, 1.54) is 45.2 Å². The van der Waals surface area contributed by atoms with Crippen LogP contribution < -0.4 is 20.1 Å². The smallest absolute Gasteiger partial charge is 0.338 e. The van der Waals surface area contributed by atoms with Gasteiger partial charge in [-0.2, -0.15) is 0 Å². The molecule has 9 nitrogen and oxygen atoms in total. The van der Waals surface area contributed by atoms with Crippen molar-refractivity contribution in [2.45, 2.75) is 20.0 Å². The fraction of sp³-hybridized carbons (Fsp3) is 0.185. The zero-order valence-electron chi connectivity index (χ0n) is 20.1. The first kappa shape index (κ1) is 26.0. The largest absolute Gasteiger partial charge is 0.497 e. The van der Waals surface area contributed by atoms with Crippen LogP contribution in [-0.2, 0) is 14.3 Å². The van der Waals surface area contributed by atoms with Crippen molar-refractivity contribution in [1.82, 2.24) is 0 Å². The lowest BCUT2D eigenvalue weighted by molar-refractivity contribution is -0.123. The zero-order valence-corrected chi connectivity index (χ0v) is 20.1. The van der Waals surface area contributed by atoms with Crippen molar-refractivity contribution in [2.24, 2.45) is 0 Å². The molecule has 0 bridgehead atoms. The fourth-order valence-corrected chi connectivity index (χ4v) is 3.08.